The first-order valence-corrected chi connectivity index (χ1v) is 5.91. The number of ether oxygens (including phenoxy) is 1. The van der Waals surface area contributed by atoms with Gasteiger partial charge in [-0.05, 0) is 29.8 Å². The van der Waals surface area contributed by atoms with E-state index >= 15 is 0 Å². The number of quaternary nitrogens is 1. The summed E-state index contributed by atoms with van der Waals surface area (Å²) >= 11 is 0. The number of benzene rings is 2. The minimum atomic E-state index is 0. The van der Waals surface area contributed by atoms with Crippen LogP contribution in [0.25, 0.3) is 0 Å². The molecule has 3 heteroatoms. The molecule has 0 spiro atoms. The Morgan fingerprint density at radius 1 is 0.944 bits per heavy atom. The van der Waals surface area contributed by atoms with Gasteiger partial charge in [-0.3, -0.25) is 0 Å². The van der Waals surface area contributed by atoms with Gasteiger partial charge in [0.2, 0.25) is 0 Å². The van der Waals surface area contributed by atoms with Crippen molar-refractivity contribution in [3.63, 3.8) is 0 Å². The minimum absolute atomic E-state index is 0. The molecule has 0 fully saturated rings. The van der Waals surface area contributed by atoms with Crippen LogP contribution in [0.4, 0.5) is 0 Å². The van der Waals surface area contributed by atoms with E-state index in [1.807, 2.05) is 42.5 Å². The summed E-state index contributed by atoms with van der Waals surface area (Å²) in [5, 5.41) is 0. The average molecular weight is 264 g/mol. The zero-order valence-corrected chi connectivity index (χ0v) is 11.2. The van der Waals surface area contributed by atoms with Gasteiger partial charge in [-0.25, -0.2) is 0 Å². The zero-order chi connectivity index (χ0) is 12.1. The van der Waals surface area contributed by atoms with Crippen LogP contribution < -0.4 is 22.9 Å². The van der Waals surface area contributed by atoms with Crippen LogP contribution in [0, 0.1) is 0 Å². The second-order valence-electron chi connectivity index (χ2n) is 4.17. The molecule has 1 atom stereocenters. The van der Waals surface area contributed by atoms with E-state index in [4.69, 9.17) is 4.74 Å². The lowest BCUT2D eigenvalue weighted by atomic mass is 10.0. The molecule has 2 aromatic carbocycles. The van der Waals surface area contributed by atoms with Gasteiger partial charge in [0.05, 0.1) is 6.54 Å². The predicted molar refractivity (Wildman–Crippen MR) is 69.1 cm³/mol. The molecule has 0 aliphatic rings. The number of rotatable bonds is 4. The third-order valence-corrected chi connectivity index (χ3v) is 2.86. The molecular formula is C15H18ClNO. The fourth-order valence-electron chi connectivity index (χ4n) is 1.66. The average Bonchev–Trinajstić information content (AvgIpc) is 2.40. The molecule has 0 bridgehead atoms. The first-order valence-electron chi connectivity index (χ1n) is 5.91. The van der Waals surface area contributed by atoms with E-state index in [9.17, 15) is 0 Å². The van der Waals surface area contributed by atoms with Crippen molar-refractivity contribution in [1.82, 2.24) is 0 Å². The summed E-state index contributed by atoms with van der Waals surface area (Å²) in [5.74, 6) is 2.24. The van der Waals surface area contributed by atoms with Gasteiger partial charge in [-0.15, -0.1) is 0 Å². The summed E-state index contributed by atoms with van der Waals surface area (Å²) in [4.78, 5) is 0. The quantitative estimate of drug-likeness (QED) is 0.817. The Bertz CT molecular complexity index is 456. The molecule has 0 aliphatic heterocycles. The number of hydrogen-bond acceptors (Lipinski definition) is 1. The van der Waals surface area contributed by atoms with E-state index in [0.717, 1.165) is 18.0 Å². The van der Waals surface area contributed by atoms with Crippen LogP contribution in [0.1, 0.15) is 18.4 Å². The van der Waals surface area contributed by atoms with Crippen molar-refractivity contribution >= 4 is 0 Å². The molecule has 0 aliphatic carbocycles. The summed E-state index contributed by atoms with van der Waals surface area (Å²) in [6.45, 7) is 3.10. The molecule has 18 heavy (non-hydrogen) atoms. The van der Waals surface area contributed by atoms with Gasteiger partial charge in [-0.2, -0.15) is 0 Å². The van der Waals surface area contributed by atoms with Crippen molar-refractivity contribution < 1.29 is 22.9 Å². The third-order valence-electron chi connectivity index (χ3n) is 2.86. The normalized spacial score (nSPS) is 11.4. The highest BCUT2D eigenvalue weighted by molar-refractivity contribution is 5.33. The van der Waals surface area contributed by atoms with E-state index in [0.29, 0.717) is 5.92 Å². The maximum Gasteiger partial charge on any atom is 0.127 e. The molecule has 2 rings (SSSR count). The van der Waals surface area contributed by atoms with Gasteiger partial charge in [0.25, 0.3) is 0 Å². The summed E-state index contributed by atoms with van der Waals surface area (Å²) in [7, 11) is 0. The highest BCUT2D eigenvalue weighted by atomic mass is 35.5. The molecule has 1 unspecified atom stereocenters. The van der Waals surface area contributed by atoms with E-state index in [1.165, 1.54) is 5.56 Å². The second kappa shape index (κ2) is 7.04. The molecule has 3 N–H and O–H groups in total. The maximum absolute atomic E-state index is 5.73. The molecule has 0 saturated heterocycles. The molecule has 0 heterocycles. The second-order valence-corrected chi connectivity index (χ2v) is 4.17. The standard InChI is InChI=1S/C15H17NO.ClH/c1-12(11-16)13-7-9-15(10-8-13)17-14-5-3-2-4-6-14;/h2-10,12H,11,16H2,1H3;1H. The van der Waals surface area contributed by atoms with Gasteiger partial charge < -0.3 is 22.9 Å². The fraction of sp³-hybridized carbons (Fsp3) is 0.200. The van der Waals surface area contributed by atoms with Crippen LogP contribution in [0.2, 0.25) is 0 Å². The van der Waals surface area contributed by atoms with Crippen LogP contribution >= 0.6 is 0 Å². The summed E-state index contributed by atoms with van der Waals surface area (Å²) in [6, 6.07) is 18.0. The van der Waals surface area contributed by atoms with Crippen LogP contribution in [-0.4, -0.2) is 6.54 Å². The zero-order valence-electron chi connectivity index (χ0n) is 10.5. The molecule has 96 valence electrons. The number of para-hydroxylation sites is 1. The van der Waals surface area contributed by atoms with E-state index < -0.39 is 0 Å². The summed E-state index contributed by atoms with van der Waals surface area (Å²) < 4.78 is 5.73. The highest BCUT2D eigenvalue weighted by Crippen LogP contribution is 2.23. The smallest absolute Gasteiger partial charge is 0.127 e. The van der Waals surface area contributed by atoms with Crippen molar-refractivity contribution in [2.24, 2.45) is 0 Å². The molecule has 0 amide bonds. The lowest BCUT2D eigenvalue weighted by Gasteiger charge is -2.09. The van der Waals surface area contributed by atoms with E-state index in [1.54, 1.807) is 0 Å². The number of hydrogen-bond donors (Lipinski definition) is 1. The number of halogens is 1. The van der Waals surface area contributed by atoms with Crippen molar-refractivity contribution in [1.29, 1.82) is 0 Å². The third kappa shape index (κ3) is 3.76. The first-order chi connectivity index (χ1) is 8.29. The van der Waals surface area contributed by atoms with Gasteiger partial charge in [0, 0.05) is 5.92 Å². The fourth-order valence-corrected chi connectivity index (χ4v) is 1.66. The van der Waals surface area contributed by atoms with Gasteiger partial charge >= 0.3 is 0 Å². The van der Waals surface area contributed by atoms with Crippen LogP contribution in [-0.2, 0) is 0 Å². The molecule has 0 saturated carbocycles. The first kappa shape index (κ1) is 14.6. The van der Waals surface area contributed by atoms with Gasteiger partial charge in [-0.1, -0.05) is 37.3 Å². The Morgan fingerprint density at radius 3 is 2.06 bits per heavy atom. The Labute approximate surface area is 114 Å². The van der Waals surface area contributed by atoms with Gasteiger partial charge in [0.1, 0.15) is 11.5 Å². The Kier molecular flexibility index (Phi) is 5.69. The highest BCUT2D eigenvalue weighted by Gasteiger charge is 2.04. The van der Waals surface area contributed by atoms with Crippen molar-refractivity contribution in [2.45, 2.75) is 12.8 Å². The topological polar surface area (TPSA) is 36.9 Å². The summed E-state index contributed by atoms with van der Waals surface area (Å²) in [5.41, 5.74) is 5.23. The van der Waals surface area contributed by atoms with Gasteiger partial charge in [0.15, 0.2) is 0 Å². The Morgan fingerprint density at radius 2 is 1.50 bits per heavy atom. The lowest BCUT2D eigenvalue weighted by Crippen LogP contribution is -3.00. The van der Waals surface area contributed by atoms with Crippen molar-refractivity contribution in [3.05, 3.63) is 60.2 Å². The van der Waals surface area contributed by atoms with Crippen LogP contribution in [0.5, 0.6) is 11.5 Å². The largest absolute Gasteiger partial charge is 1.00 e. The van der Waals surface area contributed by atoms with E-state index in [-0.39, 0.29) is 12.4 Å². The van der Waals surface area contributed by atoms with Crippen LogP contribution in [0.3, 0.4) is 0 Å². The SMILES string of the molecule is CC(C[NH3+])c1ccc(Oc2ccccc2)cc1.[Cl-]. The van der Waals surface area contributed by atoms with E-state index in [2.05, 4.69) is 24.8 Å². The lowest BCUT2D eigenvalue weighted by molar-refractivity contribution is -0.371. The molecular weight excluding hydrogens is 246 g/mol. The Hall–Kier alpha value is -1.51. The predicted octanol–water partition coefficient (Wildman–Crippen LogP) is -0.172. The maximum atomic E-state index is 5.73. The minimum Gasteiger partial charge on any atom is -1.00 e. The van der Waals surface area contributed by atoms with Crippen LogP contribution in [0.15, 0.2) is 54.6 Å². The van der Waals surface area contributed by atoms with Crippen molar-refractivity contribution in [2.75, 3.05) is 6.54 Å². The van der Waals surface area contributed by atoms with Crippen molar-refractivity contribution in [3.8, 4) is 11.5 Å². The molecule has 0 radical (unpaired) electrons. The monoisotopic (exact) mass is 263 g/mol. The molecule has 2 nitrogen and oxygen atoms in total. The Balaban J connectivity index is 0.00000162. The molecule has 2 aromatic rings. The summed E-state index contributed by atoms with van der Waals surface area (Å²) in [6.07, 6.45) is 0. The molecule has 0 aromatic heterocycles.